The van der Waals surface area contributed by atoms with Crippen molar-refractivity contribution < 1.29 is 13.9 Å². The second-order valence-electron chi connectivity index (χ2n) is 4.25. The lowest BCUT2D eigenvalue weighted by Gasteiger charge is -2.08. The SMILES string of the molecule is NCC#Cc1ccc(F)c(OCOCc2ccccc2)c1. The zero-order valence-electron chi connectivity index (χ0n) is 11.5. The first-order valence-corrected chi connectivity index (χ1v) is 6.52. The monoisotopic (exact) mass is 285 g/mol. The van der Waals surface area contributed by atoms with E-state index < -0.39 is 5.82 Å². The van der Waals surface area contributed by atoms with Crippen molar-refractivity contribution in [2.75, 3.05) is 13.3 Å². The molecule has 0 aromatic heterocycles. The normalized spacial score (nSPS) is 9.81. The summed E-state index contributed by atoms with van der Waals surface area (Å²) >= 11 is 0. The fraction of sp³-hybridized carbons (Fsp3) is 0.176. The first kappa shape index (κ1) is 15.0. The molecule has 4 heteroatoms. The van der Waals surface area contributed by atoms with Gasteiger partial charge in [0.05, 0.1) is 13.2 Å². The van der Waals surface area contributed by atoms with Gasteiger partial charge in [-0.15, -0.1) is 0 Å². The Bertz CT molecular complexity index is 632. The van der Waals surface area contributed by atoms with Crippen LogP contribution in [0.25, 0.3) is 0 Å². The van der Waals surface area contributed by atoms with E-state index in [1.807, 2.05) is 30.3 Å². The molecule has 0 spiro atoms. The first-order chi connectivity index (χ1) is 10.3. The van der Waals surface area contributed by atoms with E-state index >= 15 is 0 Å². The molecule has 2 aromatic carbocycles. The van der Waals surface area contributed by atoms with E-state index in [0.29, 0.717) is 12.2 Å². The predicted octanol–water partition coefficient (Wildman–Crippen LogP) is 2.69. The summed E-state index contributed by atoms with van der Waals surface area (Å²) in [5.74, 6) is 5.20. The summed E-state index contributed by atoms with van der Waals surface area (Å²) in [7, 11) is 0. The lowest BCUT2D eigenvalue weighted by molar-refractivity contribution is 0.00302. The van der Waals surface area contributed by atoms with E-state index in [1.165, 1.54) is 12.1 Å². The number of halogens is 1. The van der Waals surface area contributed by atoms with Gasteiger partial charge in [-0.2, -0.15) is 0 Å². The van der Waals surface area contributed by atoms with Crippen molar-refractivity contribution in [3.63, 3.8) is 0 Å². The van der Waals surface area contributed by atoms with Crippen LogP contribution in [0.1, 0.15) is 11.1 Å². The average molecular weight is 285 g/mol. The molecule has 2 aromatic rings. The Morgan fingerprint density at radius 3 is 2.67 bits per heavy atom. The van der Waals surface area contributed by atoms with Crippen LogP contribution in [-0.4, -0.2) is 13.3 Å². The molecule has 0 amide bonds. The van der Waals surface area contributed by atoms with Gasteiger partial charge >= 0.3 is 0 Å². The van der Waals surface area contributed by atoms with Gasteiger partial charge in [-0.3, -0.25) is 0 Å². The highest BCUT2D eigenvalue weighted by atomic mass is 19.1. The number of ether oxygens (including phenoxy) is 2. The summed E-state index contributed by atoms with van der Waals surface area (Å²) in [6.07, 6.45) is 0. The van der Waals surface area contributed by atoms with Gasteiger partial charge in [0.1, 0.15) is 0 Å². The van der Waals surface area contributed by atoms with E-state index in [1.54, 1.807) is 6.07 Å². The maximum absolute atomic E-state index is 13.6. The van der Waals surface area contributed by atoms with Crippen LogP contribution in [-0.2, 0) is 11.3 Å². The zero-order chi connectivity index (χ0) is 14.9. The highest BCUT2D eigenvalue weighted by Gasteiger charge is 2.04. The van der Waals surface area contributed by atoms with E-state index in [2.05, 4.69) is 11.8 Å². The summed E-state index contributed by atoms with van der Waals surface area (Å²) in [5, 5.41) is 0. The Morgan fingerprint density at radius 1 is 1.10 bits per heavy atom. The van der Waals surface area contributed by atoms with Crippen LogP contribution in [0.4, 0.5) is 4.39 Å². The van der Waals surface area contributed by atoms with Crippen LogP contribution in [0.3, 0.4) is 0 Å². The quantitative estimate of drug-likeness (QED) is 0.522. The van der Waals surface area contributed by atoms with E-state index in [9.17, 15) is 4.39 Å². The number of hydrogen-bond acceptors (Lipinski definition) is 3. The Morgan fingerprint density at radius 2 is 1.90 bits per heavy atom. The molecule has 0 aliphatic rings. The molecule has 0 fully saturated rings. The molecule has 108 valence electrons. The Labute approximate surface area is 123 Å². The first-order valence-electron chi connectivity index (χ1n) is 6.52. The molecule has 0 saturated heterocycles. The fourth-order valence-electron chi connectivity index (χ4n) is 1.68. The van der Waals surface area contributed by atoms with Crippen molar-refractivity contribution in [3.8, 4) is 17.6 Å². The Balaban J connectivity index is 1.87. The van der Waals surface area contributed by atoms with Crippen LogP contribution >= 0.6 is 0 Å². The lowest BCUT2D eigenvalue weighted by atomic mass is 10.2. The maximum atomic E-state index is 13.6. The van der Waals surface area contributed by atoms with E-state index in [-0.39, 0.29) is 19.1 Å². The highest BCUT2D eigenvalue weighted by Crippen LogP contribution is 2.18. The van der Waals surface area contributed by atoms with Gasteiger partial charge in [-0.05, 0) is 23.8 Å². The summed E-state index contributed by atoms with van der Waals surface area (Å²) in [4.78, 5) is 0. The second-order valence-corrected chi connectivity index (χ2v) is 4.25. The van der Waals surface area contributed by atoms with E-state index in [0.717, 1.165) is 5.56 Å². The minimum Gasteiger partial charge on any atom is -0.464 e. The largest absolute Gasteiger partial charge is 0.464 e. The van der Waals surface area contributed by atoms with Gasteiger partial charge in [0.2, 0.25) is 0 Å². The van der Waals surface area contributed by atoms with Crippen LogP contribution < -0.4 is 10.5 Å². The van der Waals surface area contributed by atoms with E-state index in [4.69, 9.17) is 15.2 Å². The molecule has 0 bridgehead atoms. The second kappa shape index (κ2) is 8.05. The summed E-state index contributed by atoms with van der Waals surface area (Å²) in [5.41, 5.74) is 6.98. The molecule has 0 radical (unpaired) electrons. The topological polar surface area (TPSA) is 44.5 Å². The average Bonchev–Trinajstić information content (AvgIpc) is 2.53. The van der Waals surface area contributed by atoms with Gasteiger partial charge in [-0.25, -0.2) is 4.39 Å². The smallest absolute Gasteiger partial charge is 0.189 e. The molecular weight excluding hydrogens is 269 g/mol. The predicted molar refractivity (Wildman–Crippen MR) is 79.1 cm³/mol. The van der Waals surface area contributed by atoms with Gasteiger partial charge in [0.15, 0.2) is 18.4 Å². The molecule has 2 N–H and O–H groups in total. The third kappa shape index (κ3) is 4.92. The van der Waals surface area contributed by atoms with Crippen molar-refractivity contribution in [2.24, 2.45) is 5.73 Å². The molecule has 3 nitrogen and oxygen atoms in total. The van der Waals surface area contributed by atoms with Gasteiger partial charge in [0.25, 0.3) is 0 Å². The van der Waals surface area contributed by atoms with Crippen LogP contribution in [0.15, 0.2) is 48.5 Å². The molecular formula is C17H16FNO2. The number of rotatable bonds is 5. The zero-order valence-corrected chi connectivity index (χ0v) is 11.5. The molecule has 0 heterocycles. The molecule has 0 aliphatic carbocycles. The summed E-state index contributed by atoms with van der Waals surface area (Å²) < 4.78 is 24.2. The van der Waals surface area contributed by atoms with Crippen LogP contribution in [0.5, 0.6) is 5.75 Å². The van der Waals surface area contributed by atoms with Gasteiger partial charge in [-0.1, -0.05) is 42.2 Å². The van der Waals surface area contributed by atoms with Gasteiger partial charge in [0, 0.05) is 5.56 Å². The standard InChI is InChI=1S/C17H16FNO2/c18-16-9-8-14(7-4-10-19)11-17(16)21-13-20-12-15-5-2-1-3-6-15/h1-3,5-6,8-9,11H,10,12-13,19H2. The molecule has 0 saturated carbocycles. The van der Waals surface area contributed by atoms with Crippen molar-refractivity contribution in [1.82, 2.24) is 0 Å². The highest BCUT2D eigenvalue weighted by molar-refractivity contribution is 5.40. The number of nitrogens with two attached hydrogens (primary N) is 1. The van der Waals surface area contributed by atoms with Gasteiger partial charge < -0.3 is 15.2 Å². The molecule has 2 rings (SSSR count). The minimum absolute atomic E-state index is 0.0282. The van der Waals surface area contributed by atoms with Crippen molar-refractivity contribution >= 4 is 0 Å². The number of hydrogen-bond donors (Lipinski definition) is 1. The van der Waals surface area contributed by atoms with Crippen LogP contribution in [0, 0.1) is 17.7 Å². The molecule has 21 heavy (non-hydrogen) atoms. The van der Waals surface area contributed by atoms with Crippen molar-refractivity contribution in [1.29, 1.82) is 0 Å². The summed E-state index contributed by atoms with van der Waals surface area (Å²) in [6.45, 7) is 0.641. The molecule has 0 unspecified atom stereocenters. The van der Waals surface area contributed by atoms with Crippen LogP contribution in [0.2, 0.25) is 0 Å². The lowest BCUT2D eigenvalue weighted by Crippen LogP contribution is -2.04. The third-order valence-electron chi connectivity index (χ3n) is 2.68. The third-order valence-corrected chi connectivity index (χ3v) is 2.68. The molecule has 0 aliphatic heterocycles. The minimum atomic E-state index is -0.448. The maximum Gasteiger partial charge on any atom is 0.189 e. The molecule has 0 atom stereocenters. The summed E-state index contributed by atoms with van der Waals surface area (Å²) in [6, 6.07) is 14.1. The fourth-order valence-corrected chi connectivity index (χ4v) is 1.68. The van der Waals surface area contributed by atoms with Crippen molar-refractivity contribution in [2.45, 2.75) is 6.61 Å². The van der Waals surface area contributed by atoms with Crippen molar-refractivity contribution in [3.05, 3.63) is 65.5 Å². The number of benzene rings is 2. The Hall–Kier alpha value is -2.35. The Kier molecular flexibility index (Phi) is 5.77.